The highest BCUT2D eigenvalue weighted by Crippen LogP contribution is 2.10. The van der Waals surface area contributed by atoms with Crippen LogP contribution in [0.1, 0.15) is 32.1 Å². The van der Waals surface area contributed by atoms with Crippen molar-refractivity contribution in [3.05, 3.63) is 0 Å². The molecule has 2 aliphatic heterocycles. The molecule has 2 atom stereocenters. The van der Waals surface area contributed by atoms with Crippen molar-refractivity contribution in [3.8, 4) is 0 Å². The molecular formula is C17H30N2O6. The number of nitrogens with zero attached hydrogens (tertiary/aromatic N) is 1. The summed E-state index contributed by atoms with van der Waals surface area (Å²) >= 11 is 0. The van der Waals surface area contributed by atoms with E-state index in [-0.39, 0.29) is 24.5 Å². The van der Waals surface area contributed by atoms with Crippen molar-refractivity contribution in [1.29, 1.82) is 0 Å². The zero-order valence-corrected chi connectivity index (χ0v) is 14.8. The first-order valence-electron chi connectivity index (χ1n) is 9.10. The normalized spacial score (nSPS) is 21.1. The number of primary amides is 1. The smallest absolute Gasteiger partial charge is 0.231 e. The maximum absolute atomic E-state index is 12.1. The fraction of sp³-hybridized carbons (Fsp3) is 0.882. The summed E-state index contributed by atoms with van der Waals surface area (Å²) in [5.74, 6) is -0.789. The SMILES string of the molecule is NC(=O)CC(=O)N(CCCCOCC1CO1)CCCCOCC1CO1. The minimum Gasteiger partial charge on any atom is -0.379 e. The van der Waals surface area contributed by atoms with Crippen molar-refractivity contribution in [3.63, 3.8) is 0 Å². The molecule has 2 aliphatic rings. The van der Waals surface area contributed by atoms with Crippen LogP contribution in [-0.2, 0) is 28.5 Å². The lowest BCUT2D eigenvalue weighted by Gasteiger charge is -2.22. The van der Waals surface area contributed by atoms with Crippen LogP contribution in [0.4, 0.5) is 0 Å². The molecule has 2 amide bonds. The van der Waals surface area contributed by atoms with Gasteiger partial charge in [-0.25, -0.2) is 0 Å². The third-order valence-electron chi connectivity index (χ3n) is 4.02. The number of epoxide rings is 2. The maximum atomic E-state index is 12.1. The molecule has 2 unspecified atom stereocenters. The van der Waals surface area contributed by atoms with Crippen LogP contribution in [0.3, 0.4) is 0 Å². The van der Waals surface area contributed by atoms with Gasteiger partial charge in [-0.15, -0.1) is 0 Å². The second-order valence-electron chi connectivity index (χ2n) is 6.50. The van der Waals surface area contributed by atoms with Crippen LogP contribution >= 0.6 is 0 Å². The Morgan fingerprint density at radius 1 is 0.920 bits per heavy atom. The average molecular weight is 358 g/mol. The summed E-state index contributed by atoms with van der Waals surface area (Å²) in [7, 11) is 0. The van der Waals surface area contributed by atoms with Crippen molar-refractivity contribution in [1.82, 2.24) is 4.90 Å². The fourth-order valence-corrected chi connectivity index (χ4v) is 2.39. The number of amides is 2. The van der Waals surface area contributed by atoms with E-state index < -0.39 is 5.91 Å². The molecule has 25 heavy (non-hydrogen) atoms. The molecule has 2 rings (SSSR count). The molecule has 0 aromatic carbocycles. The molecule has 0 spiro atoms. The third kappa shape index (κ3) is 10.4. The third-order valence-corrected chi connectivity index (χ3v) is 4.02. The Bertz CT molecular complexity index is 388. The van der Waals surface area contributed by atoms with Gasteiger partial charge in [-0.1, -0.05) is 0 Å². The van der Waals surface area contributed by atoms with E-state index in [4.69, 9.17) is 24.7 Å². The maximum Gasteiger partial charge on any atom is 0.231 e. The van der Waals surface area contributed by atoms with Crippen molar-refractivity contribution in [2.75, 3.05) is 52.7 Å². The number of hydrogen-bond donors (Lipinski definition) is 1. The van der Waals surface area contributed by atoms with Gasteiger partial charge >= 0.3 is 0 Å². The van der Waals surface area contributed by atoms with E-state index in [1.807, 2.05) is 0 Å². The van der Waals surface area contributed by atoms with E-state index in [1.54, 1.807) is 4.90 Å². The van der Waals surface area contributed by atoms with Gasteiger partial charge in [0.1, 0.15) is 18.6 Å². The monoisotopic (exact) mass is 358 g/mol. The minimum absolute atomic E-state index is 0.202. The molecule has 2 saturated heterocycles. The highest BCUT2D eigenvalue weighted by Gasteiger charge is 2.22. The Kier molecular flexibility index (Phi) is 9.17. The van der Waals surface area contributed by atoms with Crippen molar-refractivity contribution in [2.45, 2.75) is 44.3 Å². The van der Waals surface area contributed by atoms with Crippen LogP contribution in [0.25, 0.3) is 0 Å². The summed E-state index contributed by atoms with van der Waals surface area (Å²) in [6.45, 7) is 5.45. The van der Waals surface area contributed by atoms with Gasteiger partial charge in [0.15, 0.2) is 0 Å². The topological polar surface area (TPSA) is 107 Å². The average Bonchev–Trinajstić information content (AvgIpc) is 3.45. The number of hydrogen-bond acceptors (Lipinski definition) is 6. The summed E-state index contributed by atoms with van der Waals surface area (Å²) < 4.78 is 21.1. The number of carbonyl (C=O) groups is 2. The zero-order valence-electron chi connectivity index (χ0n) is 14.8. The lowest BCUT2D eigenvalue weighted by Crippen LogP contribution is -2.35. The Balaban J connectivity index is 1.53. The summed E-state index contributed by atoms with van der Waals surface area (Å²) in [5, 5.41) is 0. The van der Waals surface area contributed by atoms with E-state index in [9.17, 15) is 9.59 Å². The molecule has 0 aliphatic carbocycles. The van der Waals surface area contributed by atoms with Crippen LogP contribution in [-0.4, -0.2) is 81.7 Å². The lowest BCUT2D eigenvalue weighted by atomic mass is 10.2. The molecule has 0 saturated carbocycles. The van der Waals surface area contributed by atoms with Gasteiger partial charge in [-0.2, -0.15) is 0 Å². The first-order chi connectivity index (χ1) is 12.1. The molecule has 0 bridgehead atoms. The standard InChI is InChI=1S/C17H30N2O6/c18-16(20)9-17(21)19(5-1-3-7-22-10-14-12-24-14)6-2-4-8-23-11-15-13-25-15/h14-15H,1-13H2,(H2,18,20). The molecule has 8 heteroatoms. The Morgan fingerprint density at radius 3 is 1.80 bits per heavy atom. The summed E-state index contributed by atoms with van der Waals surface area (Å²) in [6, 6.07) is 0. The van der Waals surface area contributed by atoms with Crippen molar-refractivity contribution >= 4 is 11.8 Å². The highest BCUT2D eigenvalue weighted by molar-refractivity contribution is 5.96. The van der Waals surface area contributed by atoms with Gasteiger partial charge in [0.25, 0.3) is 0 Å². The minimum atomic E-state index is -0.587. The molecule has 0 radical (unpaired) electrons. The summed E-state index contributed by atoms with van der Waals surface area (Å²) in [5.41, 5.74) is 5.14. The van der Waals surface area contributed by atoms with Gasteiger partial charge in [-0.3, -0.25) is 9.59 Å². The van der Waals surface area contributed by atoms with E-state index in [0.717, 1.165) is 38.9 Å². The van der Waals surface area contributed by atoms with Crippen LogP contribution in [0.5, 0.6) is 0 Å². The van der Waals surface area contributed by atoms with E-state index in [2.05, 4.69) is 0 Å². The summed E-state index contributed by atoms with van der Waals surface area (Å²) in [6.07, 6.45) is 3.75. The molecule has 0 aromatic heterocycles. The van der Waals surface area contributed by atoms with Crippen LogP contribution in [0.2, 0.25) is 0 Å². The van der Waals surface area contributed by atoms with Gasteiger partial charge in [0.2, 0.25) is 11.8 Å². The first kappa shape index (κ1) is 20.1. The van der Waals surface area contributed by atoms with E-state index >= 15 is 0 Å². The predicted molar refractivity (Wildman–Crippen MR) is 90.0 cm³/mol. The molecule has 0 aromatic rings. The van der Waals surface area contributed by atoms with Gasteiger partial charge < -0.3 is 29.6 Å². The molecule has 2 N–H and O–H groups in total. The number of ether oxygens (including phenoxy) is 4. The van der Waals surface area contributed by atoms with Crippen molar-refractivity contribution in [2.24, 2.45) is 5.73 Å². The number of carbonyl (C=O) groups excluding carboxylic acids is 2. The van der Waals surface area contributed by atoms with E-state index in [0.29, 0.717) is 39.5 Å². The molecule has 144 valence electrons. The van der Waals surface area contributed by atoms with Crippen molar-refractivity contribution < 1.29 is 28.5 Å². The highest BCUT2D eigenvalue weighted by atomic mass is 16.6. The molecule has 2 fully saturated rings. The summed E-state index contributed by atoms with van der Waals surface area (Å²) in [4.78, 5) is 24.8. The number of unbranched alkanes of at least 4 members (excludes halogenated alkanes) is 2. The van der Waals surface area contributed by atoms with E-state index in [1.165, 1.54) is 0 Å². The number of rotatable bonds is 16. The van der Waals surface area contributed by atoms with Crippen LogP contribution in [0.15, 0.2) is 0 Å². The van der Waals surface area contributed by atoms with Crippen LogP contribution < -0.4 is 5.73 Å². The largest absolute Gasteiger partial charge is 0.379 e. The molecular weight excluding hydrogens is 328 g/mol. The fourth-order valence-electron chi connectivity index (χ4n) is 2.39. The van der Waals surface area contributed by atoms with Gasteiger partial charge in [-0.05, 0) is 25.7 Å². The molecule has 8 nitrogen and oxygen atoms in total. The van der Waals surface area contributed by atoms with Crippen LogP contribution in [0, 0.1) is 0 Å². The first-order valence-corrected chi connectivity index (χ1v) is 9.10. The second kappa shape index (κ2) is 11.4. The lowest BCUT2D eigenvalue weighted by molar-refractivity contribution is -0.135. The quantitative estimate of drug-likeness (QED) is 0.238. The molecule has 2 heterocycles. The Labute approximate surface area is 148 Å². The second-order valence-corrected chi connectivity index (χ2v) is 6.50. The number of nitrogens with two attached hydrogens (primary N) is 1. The zero-order chi connectivity index (χ0) is 17.9. The predicted octanol–water partition coefficient (Wildman–Crippen LogP) is 0.0816. The Morgan fingerprint density at radius 2 is 1.40 bits per heavy atom. The van der Waals surface area contributed by atoms with Gasteiger partial charge in [0.05, 0.1) is 26.4 Å². The Hall–Kier alpha value is -1.22. The van der Waals surface area contributed by atoms with Gasteiger partial charge in [0, 0.05) is 26.3 Å².